The van der Waals surface area contributed by atoms with Crippen LogP contribution in [0.3, 0.4) is 0 Å². The molecular formula is C33H39N5O8. The predicted molar refractivity (Wildman–Crippen MR) is 165 cm³/mol. The highest BCUT2D eigenvalue weighted by Gasteiger charge is 2.57. The summed E-state index contributed by atoms with van der Waals surface area (Å²) in [6.07, 6.45) is 1.36. The Kier molecular flexibility index (Phi) is 8.22. The Morgan fingerprint density at radius 1 is 1.24 bits per heavy atom. The number of rotatable bonds is 7. The molecule has 4 aliphatic rings. The molecular weight excluding hydrogens is 594 g/mol. The molecule has 244 valence electrons. The zero-order valence-corrected chi connectivity index (χ0v) is 26.6. The van der Waals surface area contributed by atoms with Crippen LogP contribution in [0.4, 0.5) is 4.79 Å². The Hall–Kier alpha value is -4.51. The van der Waals surface area contributed by atoms with E-state index in [0.717, 1.165) is 16.7 Å². The maximum Gasteiger partial charge on any atom is 0.514 e. The van der Waals surface area contributed by atoms with Gasteiger partial charge in [0.2, 0.25) is 12.7 Å². The lowest BCUT2D eigenvalue weighted by atomic mass is 9.71. The highest BCUT2D eigenvalue weighted by Crippen LogP contribution is 2.58. The Bertz CT molecular complexity index is 1650. The lowest BCUT2D eigenvalue weighted by Crippen LogP contribution is -2.68. The number of methoxy groups -OCH3 is 1. The van der Waals surface area contributed by atoms with Crippen molar-refractivity contribution in [2.45, 2.75) is 69.9 Å². The zero-order valence-electron chi connectivity index (χ0n) is 26.6. The molecule has 0 radical (unpaired) electrons. The number of phenolic OH excluding ortho intramolecular Hbond substituents is 1. The number of carbonyl (C=O) groups excluding carboxylic acids is 2. The molecule has 1 fully saturated rings. The van der Waals surface area contributed by atoms with Crippen molar-refractivity contribution in [3.8, 4) is 34.8 Å². The minimum absolute atomic E-state index is 0.0393. The lowest BCUT2D eigenvalue weighted by molar-refractivity contribution is -0.123. The SMILES string of the molecule is C=CCOC(=O)Oc1c(C)c2c(c3c1CC1[C@@H]4c5c(cc(C)c(OC)c5O)C[C@H]([C@H](C#N)N1[C@H]3CNC(=O)[C@H](C)N)N4C)OCO2. The van der Waals surface area contributed by atoms with Crippen LogP contribution in [0, 0.1) is 25.2 Å². The molecule has 0 aliphatic carbocycles. The first kappa shape index (κ1) is 31.5. The van der Waals surface area contributed by atoms with Crippen molar-refractivity contribution in [2.75, 3.05) is 34.1 Å². The van der Waals surface area contributed by atoms with Crippen LogP contribution in [0.5, 0.6) is 28.7 Å². The molecule has 1 saturated heterocycles. The number of ether oxygens (including phenoxy) is 5. The topological polar surface area (TPSA) is 169 Å². The van der Waals surface area contributed by atoms with Gasteiger partial charge in [0.15, 0.2) is 23.0 Å². The quantitative estimate of drug-likeness (QED) is 0.232. The molecule has 2 aromatic carbocycles. The molecule has 13 nitrogen and oxygen atoms in total. The number of hydrogen-bond acceptors (Lipinski definition) is 12. The summed E-state index contributed by atoms with van der Waals surface area (Å²) in [5.74, 6) is 1.24. The van der Waals surface area contributed by atoms with Crippen LogP contribution in [0.15, 0.2) is 18.7 Å². The minimum Gasteiger partial charge on any atom is -0.504 e. The summed E-state index contributed by atoms with van der Waals surface area (Å²) >= 11 is 0. The first-order valence-electron chi connectivity index (χ1n) is 15.3. The molecule has 4 heterocycles. The highest BCUT2D eigenvalue weighted by molar-refractivity contribution is 5.81. The summed E-state index contributed by atoms with van der Waals surface area (Å²) in [4.78, 5) is 30.0. The largest absolute Gasteiger partial charge is 0.514 e. The molecule has 1 amide bonds. The lowest BCUT2D eigenvalue weighted by Gasteiger charge is -2.60. The van der Waals surface area contributed by atoms with Crippen LogP contribution in [0.25, 0.3) is 0 Å². The van der Waals surface area contributed by atoms with Gasteiger partial charge in [0.1, 0.15) is 18.4 Å². The molecule has 6 rings (SSSR count). The molecule has 2 bridgehead atoms. The van der Waals surface area contributed by atoms with Gasteiger partial charge in [-0.25, -0.2) is 4.79 Å². The van der Waals surface area contributed by atoms with Gasteiger partial charge in [-0.05, 0) is 51.8 Å². The zero-order chi connectivity index (χ0) is 33.0. The number of carbonyl (C=O) groups is 2. The number of likely N-dealkylation sites (N-methyl/N-ethyl adjacent to an activating group) is 1. The molecule has 46 heavy (non-hydrogen) atoms. The van der Waals surface area contributed by atoms with E-state index in [9.17, 15) is 20.0 Å². The molecule has 0 spiro atoms. The van der Waals surface area contributed by atoms with Gasteiger partial charge in [0, 0.05) is 40.9 Å². The third kappa shape index (κ3) is 4.79. The Labute approximate surface area is 267 Å². The number of nitrogens with one attached hydrogen (secondary N) is 1. The van der Waals surface area contributed by atoms with Crippen LogP contribution in [0.1, 0.15) is 52.4 Å². The van der Waals surface area contributed by atoms with E-state index < -0.39 is 30.3 Å². The summed E-state index contributed by atoms with van der Waals surface area (Å²) in [7, 11) is 3.49. The van der Waals surface area contributed by atoms with Crippen molar-refractivity contribution in [1.29, 1.82) is 5.26 Å². The normalized spacial score (nSPS) is 24.8. The number of phenols is 1. The number of piperazine rings is 1. The molecule has 4 N–H and O–H groups in total. The van der Waals surface area contributed by atoms with Gasteiger partial charge in [-0.2, -0.15) is 5.26 Å². The van der Waals surface area contributed by atoms with Crippen molar-refractivity contribution in [1.82, 2.24) is 15.1 Å². The number of nitriles is 1. The van der Waals surface area contributed by atoms with E-state index in [1.807, 2.05) is 20.0 Å². The summed E-state index contributed by atoms with van der Waals surface area (Å²) < 4.78 is 28.6. The Morgan fingerprint density at radius 3 is 2.65 bits per heavy atom. The van der Waals surface area contributed by atoms with Gasteiger partial charge in [-0.1, -0.05) is 18.7 Å². The van der Waals surface area contributed by atoms with E-state index in [1.165, 1.54) is 13.2 Å². The number of aromatic hydroxyl groups is 1. The fourth-order valence-corrected chi connectivity index (χ4v) is 7.77. The van der Waals surface area contributed by atoms with Gasteiger partial charge in [0.25, 0.3) is 0 Å². The third-order valence-electron chi connectivity index (χ3n) is 9.65. The monoisotopic (exact) mass is 633 g/mol. The maximum absolute atomic E-state index is 12.9. The fraction of sp³-hybridized carbons (Fsp3) is 0.485. The second-order valence-corrected chi connectivity index (χ2v) is 12.2. The van der Waals surface area contributed by atoms with Gasteiger partial charge in [0.05, 0.1) is 31.3 Å². The van der Waals surface area contributed by atoms with Gasteiger partial charge in [-0.15, -0.1) is 0 Å². The van der Waals surface area contributed by atoms with Crippen molar-refractivity contribution in [2.24, 2.45) is 5.73 Å². The first-order valence-corrected chi connectivity index (χ1v) is 15.3. The molecule has 1 unspecified atom stereocenters. The van der Waals surface area contributed by atoms with Gasteiger partial charge < -0.3 is 39.8 Å². The van der Waals surface area contributed by atoms with E-state index in [1.54, 1.807) is 13.8 Å². The number of aryl methyl sites for hydroxylation is 1. The van der Waals surface area contributed by atoms with Crippen LogP contribution in [0.2, 0.25) is 0 Å². The molecule has 0 saturated carbocycles. The van der Waals surface area contributed by atoms with Crippen molar-refractivity contribution < 1.29 is 38.4 Å². The van der Waals surface area contributed by atoms with Crippen LogP contribution >= 0.6 is 0 Å². The summed E-state index contributed by atoms with van der Waals surface area (Å²) in [5.41, 5.74) is 10.2. The summed E-state index contributed by atoms with van der Waals surface area (Å²) in [5, 5.41) is 25.4. The molecule has 4 aliphatic heterocycles. The molecule has 6 atom stereocenters. The van der Waals surface area contributed by atoms with E-state index in [-0.39, 0.29) is 49.4 Å². The highest BCUT2D eigenvalue weighted by atomic mass is 16.7. The van der Waals surface area contributed by atoms with E-state index in [2.05, 4.69) is 27.8 Å². The van der Waals surface area contributed by atoms with Crippen molar-refractivity contribution in [3.63, 3.8) is 0 Å². The fourth-order valence-electron chi connectivity index (χ4n) is 7.77. The number of nitrogens with zero attached hydrogens (tertiary/aromatic N) is 3. The third-order valence-corrected chi connectivity index (χ3v) is 9.65. The van der Waals surface area contributed by atoms with Crippen molar-refractivity contribution >= 4 is 12.1 Å². The second-order valence-electron chi connectivity index (χ2n) is 12.2. The summed E-state index contributed by atoms with van der Waals surface area (Å²) in [6, 6.07) is 1.55. The Morgan fingerprint density at radius 2 is 1.98 bits per heavy atom. The first-order chi connectivity index (χ1) is 22.0. The van der Waals surface area contributed by atoms with E-state index in [0.29, 0.717) is 46.8 Å². The smallest absolute Gasteiger partial charge is 0.504 e. The minimum atomic E-state index is -0.912. The average Bonchev–Trinajstić information content (AvgIpc) is 3.51. The van der Waals surface area contributed by atoms with Crippen molar-refractivity contribution in [3.05, 3.63) is 52.1 Å². The maximum atomic E-state index is 12.9. The molecule has 0 aromatic heterocycles. The van der Waals surface area contributed by atoms with Crippen LogP contribution in [-0.2, 0) is 22.4 Å². The second kappa shape index (κ2) is 12.0. The number of benzene rings is 2. The van der Waals surface area contributed by atoms with Gasteiger partial charge in [-0.3, -0.25) is 14.6 Å². The van der Waals surface area contributed by atoms with E-state index >= 15 is 0 Å². The predicted octanol–water partition coefficient (Wildman–Crippen LogP) is 2.68. The van der Waals surface area contributed by atoms with Crippen LogP contribution in [-0.4, -0.2) is 85.2 Å². The Balaban J connectivity index is 1.59. The number of amides is 1. The number of nitrogens with two attached hydrogens (primary N) is 1. The number of fused-ring (bicyclic) bond motifs is 9. The number of hydrogen-bond donors (Lipinski definition) is 3. The molecule has 13 heteroatoms. The van der Waals surface area contributed by atoms with Crippen LogP contribution < -0.4 is 30.0 Å². The van der Waals surface area contributed by atoms with Gasteiger partial charge >= 0.3 is 6.16 Å². The van der Waals surface area contributed by atoms with E-state index in [4.69, 9.17) is 29.4 Å². The average molecular weight is 634 g/mol. The standard InChI is InChI=1S/C33H39N5O8/c1-7-8-43-33(41)46-29-16(3)30-31(45-14-44-30)25-19(29)11-21-26-24-18(9-15(2)28(42-6)27(24)39)10-20(37(26)5)22(12-34)38(21)23(25)13-36-32(40)17(4)35/h7,9,17,20-23,26,39H,1,8,10-11,13-14,35H2,2-6H3,(H,36,40)/t17-,20+,21?,22-,23-,26+/m0/s1. The molecule has 2 aromatic rings. The summed E-state index contributed by atoms with van der Waals surface area (Å²) in [6.45, 7) is 8.85.